The predicted octanol–water partition coefficient (Wildman–Crippen LogP) is 3.98. The van der Waals surface area contributed by atoms with Gasteiger partial charge >= 0.3 is 0 Å². The molecule has 0 amide bonds. The van der Waals surface area contributed by atoms with Crippen molar-refractivity contribution in [3.8, 4) is 5.75 Å². The molecule has 0 atom stereocenters. The second kappa shape index (κ2) is 6.95. The lowest BCUT2D eigenvalue weighted by molar-refractivity contribution is 0.416. The Kier molecular flexibility index (Phi) is 4.56. The van der Waals surface area contributed by atoms with Gasteiger partial charge in [-0.3, -0.25) is 0 Å². The number of rotatable bonds is 5. The summed E-state index contributed by atoms with van der Waals surface area (Å²) >= 11 is 0. The lowest BCUT2D eigenvalue weighted by Crippen LogP contribution is -2.04. The molecule has 0 saturated heterocycles. The van der Waals surface area contributed by atoms with Crippen LogP contribution < -0.4 is 15.4 Å². The molecule has 3 rings (SSSR count). The normalized spacial score (nSPS) is 10.3. The molecule has 0 saturated carbocycles. The number of hydrogen-bond donors (Lipinski definition) is 2. The van der Waals surface area contributed by atoms with Gasteiger partial charge in [-0.1, -0.05) is 24.3 Å². The molecule has 1 aromatic heterocycles. The second-order valence-corrected chi connectivity index (χ2v) is 5.43. The van der Waals surface area contributed by atoms with E-state index in [9.17, 15) is 0 Å². The summed E-state index contributed by atoms with van der Waals surface area (Å²) in [6, 6.07) is 13.9. The molecular formula is C18H19N5O. The van der Waals surface area contributed by atoms with E-state index in [2.05, 4.69) is 25.8 Å². The monoisotopic (exact) mass is 321 g/mol. The first-order valence-corrected chi connectivity index (χ1v) is 7.60. The third kappa shape index (κ3) is 3.60. The Labute approximate surface area is 140 Å². The minimum atomic E-state index is 0.400. The van der Waals surface area contributed by atoms with Crippen molar-refractivity contribution in [2.24, 2.45) is 0 Å². The minimum Gasteiger partial charge on any atom is -0.495 e. The molecule has 1 heterocycles. The maximum absolute atomic E-state index is 5.36. The Morgan fingerprint density at radius 2 is 1.79 bits per heavy atom. The number of hydrogen-bond acceptors (Lipinski definition) is 6. The fourth-order valence-electron chi connectivity index (χ4n) is 2.31. The number of methoxy groups -OCH3 is 1. The van der Waals surface area contributed by atoms with E-state index in [-0.39, 0.29) is 0 Å². The van der Waals surface area contributed by atoms with Gasteiger partial charge < -0.3 is 15.4 Å². The molecular weight excluding hydrogens is 302 g/mol. The Bertz CT molecular complexity index is 850. The van der Waals surface area contributed by atoms with Crippen LogP contribution in [0, 0.1) is 13.8 Å². The number of anilines is 4. The molecule has 6 nitrogen and oxygen atoms in total. The number of aromatic nitrogens is 3. The van der Waals surface area contributed by atoms with Crippen molar-refractivity contribution in [3.05, 3.63) is 59.8 Å². The standard InChI is InChI=1S/C18H19N5O/c1-12-8-9-16(24-3)15(10-12)21-18-22-17(11-19-23-18)20-14-7-5-4-6-13(14)2/h4-11H,1-3H3,(H2,20,21,22,23). The molecule has 0 aliphatic heterocycles. The predicted molar refractivity (Wildman–Crippen MR) is 95.3 cm³/mol. The van der Waals surface area contributed by atoms with Crippen molar-refractivity contribution in [1.82, 2.24) is 15.2 Å². The first-order valence-electron chi connectivity index (χ1n) is 7.60. The quantitative estimate of drug-likeness (QED) is 0.740. The van der Waals surface area contributed by atoms with Gasteiger partial charge in [0.05, 0.1) is 19.0 Å². The number of nitrogens with zero attached hydrogens (tertiary/aromatic N) is 3. The zero-order valence-corrected chi connectivity index (χ0v) is 13.9. The third-order valence-electron chi connectivity index (χ3n) is 3.57. The highest BCUT2D eigenvalue weighted by Gasteiger charge is 2.07. The zero-order valence-electron chi connectivity index (χ0n) is 13.9. The van der Waals surface area contributed by atoms with E-state index in [1.54, 1.807) is 13.3 Å². The first kappa shape index (κ1) is 15.7. The second-order valence-electron chi connectivity index (χ2n) is 5.43. The SMILES string of the molecule is COc1ccc(C)cc1Nc1nncc(Nc2ccccc2C)n1. The van der Waals surface area contributed by atoms with Gasteiger partial charge in [-0.15, -0.1) is 5.10 Å². The molecule has 0 bridgehead atoms. The van der Waals surface area contributed by atoms with Gasteiger partial charge in [0.15, 0.2) is 5.82 Å². The van der Waals surface area contributed by atoms with Crippen molar-refractivity contribution in [3.63, 3.8) is 0 Å². The molecule has 0 aliphatic carbocycles. The number of ether oxygens (including phenoxy) is 1. The van der Waals surface area contributed by atoms with Gasteiger partial charge in [0.1, 0.15) is 5.75 Å². The Hall–Kier alpha value is -3.15. The van der Waals surface area contributed by atoms with Gasteiger partial charge in [-0.25, -0.2) is 0 Å². The van der Waals surface area contributed by atoms with Crippen LogP contribution in [0.15, 0.2) is 48.7 Å². The maximum atomic E-state index is 5.36. The average molecular weight is 321 g/mol. The molecule has 0 unspecified atom stereocenters. The van der Waals surface area contributed by atoms with Crippen molar-refractivity contribution in [1.29, 1.82) is 0 Å². The van der Waals surface area contributed by atoms with E-state index >= 15 is 0 Å². The van der Waals surface area contributed by atoms with E-state index in [1.807, 2.05) is 56.3 Å². The van der Waals surface area contributed by atoms with E-state index in [0.717, 1.165) is 28.3 Å². The largest absolute Gasteiger partial charge is 0.495 e. The summed E-state index contributed by atoms with van der Waals surface area (Å²) in [6.45, 7) is 4.05. The van der Waals surface area contributed by atoms with Gasteiger partial charge in [0, 0.05) is 5.69 Å². The summed E-state index contributed by atoms with van der Waals surface area (Å²) in [4.78, 5) is 4.46. The maximum Gasteiger partial charge on any atom is 0.249 e. The van der Waals surface area contributed by atoms with Gasteiger partial charge in [-0.2, -0.15) is 10.1 Å². The van der Waals surface area contributed by atoms with Crippen LogP contribution in [-0.2, 0) is 0 Å². The van der Waals surface area contributed by atoms with E-state index < -0.39 is 0 Å². The van der Waals surface area contributed by atoms with Crippen LogP contribution in [-0.4, -0.2) is 22.3 Å². The third-order valence-corrected chi connectivity index (χ3v) is 3.57. The van der Waals surface area contributed by atoms with Gasteiger partial charge in [-0.05, 0) is 43.2 Å². The molecule has 24 heavy (non-hydrogen) atoms. The smallest absolute Gasteiger partial charge is 0.249 e. The number of nitrogens with one attached hydrogen (secondary N) is 2. The van der Waals surface area contributed by atoms with Crippen LogP contribution in [0.25, 0.3) is 0 Å². The molecule has 2 N–H and O–H groups in total. The van der Waals surface area contributed by atoms with Crippen LogP contribution in [0.1, 0.15) is 11.1 Å². The number of benzene rings is 2. The highest BCUT2D eigenvalue weighted by Crippen LogP contribution is 2.27. The lowest BCUT2D eigenvalue weighted by atomic mass is 10.2. The molecule has 0 spiro atoms. The zero-order chi connectivity index (χ0) is 16.9. The van der Waals surface area contributed by atoms with E-state index in [0.29, 0.717) is 11.8 Å². The number of para-hydroxylation sites is 1. The lowest BCUT2D eigenvalue weighted by Gasteiger charge is -2.12. The first-order chi connectivity index (χ1) is 11.7. The van der Waals surface area contributed by atoms with Gasteiger partial charge in [0.2, 0.25) is 5.95 Å². The highest BCUT2D eigenvalue weighted by atomic mass is 16.5. The summed E-state index contributed by atoms with van der Waals surface area (Å²) in [5, 5.41) is 14.5. The summed E-state index contributed by atoms with van der Waals surface area (Å²) < 4.78 is 5.36. The van der Waals surface area contributed by atoms with Crippen molar-refractivity contribution >= 4 is 23.1 Å². The average Bonchev–Trinajstić information content (AvgIpc) is 2.58. The Morgan fingerprint density at radius 1 is 0.958 bits per heavy atom. The summed E-state index contributed by atoms with van der Waals surface area (Å²) in [6.07, 6.45) is 1.59. The molecule has 2 aromatic carbocycles. The Morgan fingerprint density at radius 3 is 2.58 bits per heavy atom. The van der Waals surface area contributed by atoms with E-state index in [4.69, 9.17) is 4.74 Å². The number of aryl methyl sites for hydroxylation is 2. The van der Waals surface area contributed by atoms with Crippen LogP contribution in [0.5, 0.6) is 5.75 Å². The fourth-order valence-corrected chi connectivity index (χ4v) is 2.31. The van der Waals surface area contributed by atoms with Crippen molar-refractivity contribution in [2.45, 2.75) is 13.8 Å². The Balaban J connectivity index is 1.84. The van der Waals surface area contributed by atoms with Crippen LogP contribution >= 0.6 is 0 Å². The summed E-state index contributed by atoms with van der Waals surface area (Å²) in [5.74, 6) is 1.74. The van der Waals surface area contributed by atoms with E-state index in [1.165, 1.54) is 0 Å². The van der Waals surface area contributed by atoms with Crippen molar-refractivity contribution in [2.75, 3.05) is 17.7 Å². The highest BCUT2D eigenvalue weighted by molar-refractivity contribution is 5.65. The molecule has 0 fully saturated rings. The van der Waals surface area contributed by atoms with Crippen molar-refractivity contribution < 1.29 is 4.74 Å². The van der Waals surface area contributed by atoms with Crippen LogP contribution in [0.4, 0.5) is 23.1 Å². The molecule has 0 aliphatic rings. The molecule has 122 valence electrons. The minimum absolute atomic E-state index is 0.400. The fraction of sp³-hybridized carbons (Fsp3) is 0.167. The molecule has 0 radical (unpaired) electrons. The van der Waals surface area contributed by atoms with Gasteiger partial charge in [0.25, 0.3) is 0 Å². The van der Waals surface area contributed by atoms with Crippen LogP contribution in [0.2, 0.25) is 0 Å². The summed E-state index contributed by atoms with van der Waals surface area (Å²) in [5.41, 5.74) is 4.02. The summed E-state index contributed by atoms with van der Waals surface area (Å²) in [7, 11) is 1.63. The van der Waals surface area contributed by atoms with Crippen LogP contribution in [0.3, 0.4) is 0 Å². The molecule has 6 heteroatoms. The molecule has 3 aromatic rings. The topological polar surface area (TPSA) is 72.0 Å².